The van der Waals surface area contributed by atoms with Crippen molar-refractivity contribution in [2.24, 2.45) is 0 Å². The molecule has 1 saturated heterocycles. The second-order valence-electron chi connectivity index (χ2n) is 5.59. The van der Waals surface area contributed by atoms with Crippen molar-refractivity contribution < 1.29 is 14.7 Å². The molecule has 0 radical (unpaired) electrons. The number of carboxylic acid groups (broad SMARTS) is 1. The van der Waals surface area contributed by atoms with E-state index in [0.717, 1.165) is 12.2 Å². The Morgan fingerprint density at radius 1 is 1.47 bits per heavy atom. The average Bonchev–Trinajstić information content (AvgIpc) is 2.32. The number of amides is 2. The summed E-state index contributed by atoms with van der Waals surface area (Å²) in [6.07, 6.45) is 0.755. The number of hydrogen-bond acceptors (Lipinski definition) is 3. The molecule has 0 aromatic rings. The molecule has 1 unspecified atom stereocenters. The lowest BCUT2D eigenvalue weighted by molar-refractivity contribution is -0.138. The van der Waals surface area contributed by atoms with Crippen LogP contribution in [0.4, 0.5) is 4.79 Å². The molecule has 1 heterocycles. The third-order valence-corrected chi connectivity index (χ3v) is 4.67. The van der Waals surface area contributed by atoms with Gasteiger partial charge in [0, 0.05) is 29.6 Å². The van der Waals surface area contributed by atoms with Gasteiger partial charge < -0.3 is 14.9 Å². The number of urea groups is 1. The predicted octanol–water partition coefficient (Wildman–Crippen LogP) is 2.12. The van der Waals surface area contributed by atoms with Crippen molar-refractivity contribution in [2.75, 3.05) is 25.4 Å². The molecule has 0 aromatic carbocycles. The first-order chi connectivity index (χ1) is 8.76. The molecule has 1 atom stereocenters. The van der Waals surface area contributed by atoms with Crippen molar-refractivity contribution in [3.63, 3.8) is 0 Å². The van der Waals surface area contributed by atoms with Gasteiger partial charge in [0.2, 0.25) is 0 Å². The zero-order chi connectivity index (χ0) is 14.6. The first-order valence-corrected chi connectivity index (χ1v) is 7.66. The minimum Gasteiger partial charge on any atom is -0.480 e. The lowest BCUT2D eigenvalue weighted by Crippen LogP contribution is -2.54. The maximum absolute atomic E-state index is 12.5. The number of carbonyl (C=O) groups excluding carboxylic acids is 1. The van der Waals surface area contributed by atoms with E-state index in [9.17, 15) is 9.59 Å². The first-order valence-electron chi connectivity index (χ1n) is 6.68. The Bertz CT molecular complexity index is 347. The third kappa shape index (κ3) is 4.60. The van der Waals surface area contributed by atoms with Crippen LogP contribution in [-0.4, -0.2) is 63.1 Å². The van der Waals surface area contributed by atoms with Crippen LogP contribution in [0.2, 0.25) is 0 Å². The Hall–Kier alpha value is -0.910. The molecular weight excluding hydrogens is 264 g/mol. The predicted molar refractivity (Wildman–Crippen MR) is 77.6 cm³/mol. The Balaban J connectivity index is 2.78. The van der Waals surface area contributed by atoms with E-state index >= 15 is 0 Å². The lowest BCUT2D eigenvalue weighted by Gasteiger charge is -2.41. The van der Waals surface area contributed by atoms with Gasteiger partial charge in [0.25, 0.3) is 0 Å². The van der Waals surface area contributed by atoms with Gasteiger partial charge >= 0.3 is 12.0 Å². The second-order valence-corrected chi connectivity index (χ2v) is 7.39. The van der Waals surface area contributed by atoms with Gasteiger partial charge in [-0.05, 0) is 27.2 Å². The number of nitrogens with zero attached hydrogens (tertiary/aromatic N) is 2. The minimum atomic E-state index is -0.959. The van der Waals surface area contributed by atoms with E-state index in [2.05, 4.69) is 13.8 Å². The monoisotopic (exact) mass is 288 g/mol. The highest BCUT2D eigenvalue weighted by atomic mass is 32.2. The molecule has 1 aliphatic heterocycles. The summed E-state index contributed by atoms with van der Waals surface area (Å²) in [5, 5.41) is 8.96. The third-order valence-electron chi connectivity index (χ3n) is 3.37. The maximum Gasteiger partial charge on any atom is 0.323 e. The molecule has 6 heteroatoms. The molecule has 2 amide bonds. The van der Waals surface area contributed by atoms with Crippen LogP contribution in [0.5, 0.6) is 0 Å². The summed E-state index contributed by atoms with van der Waals surface area (Å²) >= 11 is 1.85. The van der Waals surface area contributed by atoms with E-state index in [0.29, 0.717) is 13.1 Å². The largest absolute Gasteiger partial charge is 0.480 e. The molecule has 1 fully saturated rings. The van der Waals surface area contributed by atoms with E-state index in [1.807, 2.05) is 25.6 Å². The molecular formula is C13H24N2O3S. The highest BCUT2D eigenvalue weighted by Gasteiger charge is 2.33. The molecule has 0 aliphatic carbocycles. The van der Waals surface area contributed by atoms with Crippen LogP contribution in [0.25, 0.3) is 0 Å². The van der Waals surface area contributed by atoms with Crippen molar-refractivity contribution in [3.8, 4) is 0 Å². The Labute approximate surface area is 119 Å². The topological polar surface area (TPSA) is 60.9 Å². The van der Waals surface area contributed by atoms with Gasteiger partial charge in [-0.1, -0.05) is 6.92 Å². The van der Waals surface area contributed by atoms with Crippen LogP contribution in [0, 0.1) is 0 Å². The van der Waals surface area contributed by atoms with Gasteiger partial charge in [-0.25, -0.2) is 4.79 Å². The van der Waals surface area contributed by atoms with Gasteiger partial charge in [0.1, 0.15) is 6.54 Å². The fraction of sp³-hybridized carbons (Fsp3) is 0.846. The molecule has 19 heavy (non-hydrogen) atoms. The molecule has 1 N–H and O–H groups in total. The fourth-order valence-electron chi connectivity index (χ4n) is 2.14. The summed E-state index contributed by atoms with van der Waals surface area (Å²) < 4.78 is 0.0399. The van der Waals surface area contributed by atoms with Gasteiger partial charge in [-0.15, -0.1) is 0 Å². The Kier molecular flexibility index (Phi) is 5.52. The zero-order valence-electron chi connectivity index (χ0n) is 12.2. The van der Waals surface area contributed by atoms with Crippen LogP contribution < -0.4 is 0 Å². The summed E-state index contributed by atoms with van der Waals surface area (Å²) in [4.78, 5) is 26.7. The molecule has 5 nitrogen and oxygen atoms in total. The number of aliphatic carboxylic acids is 1. The minimum absolute atomic E-state index is 0.0399. The molecule has 0 bridgehead atoms. The first kappa shape index (κ1) is 16.1. The summed E-state index contributed by atoms with van der Waals surface area (Å²) in [7, 11) is 0. The van der Waals surface area contributed by atoms with Gasteiger partial charge in [0.15, 0.2) is 0 Å². The number of carboxylic acids is 1. The van der Waals surface area contributed by atoms with E-state index in [1.165, 1.54) is 4.90 Å². The molecule has 1 aliphatic rings. The number of rotatable bonds is 4. The molecule has 110 valence electrons. The molecule has 1 rings (SSSR count). The average molecular weight is 288 g/mol. The van der Waals surface area contributed by atoms with Crippen molar-refractivity contribution in [3.05, 3.63) is 0 Å². The van der Waals surface area contributed by atoms with Crippen LogP contribution >= 0.6 is 11.8 Å². The number of hydrogen-bond donors (Lipinski definition) is 1. The Morgan fingerprint density at radius 2 is 2.11 bits per heavy atom. The summed E-state index contributed by atoms with van der Waals surface area (Å²) in [6.45, 7) is 9.22. The quantitative estimate of drug-likeness (QED) is 0.861. The molecule has 0 saturated carbocycles. The van der Waals surface area contributed by atoms with Crippen molar-refractivity contribution in [1.29, 1.82) is 0 Å². The van der Waals surface area contributed by atoms with Crippen molar-refractivity contribution in [1.82, 2.24) is 9.80 Å². The summed E-state index contributed by atoms with van der Waals surface area (Å²) in [5.74, 6) is -0.0561. The summed E-state index contributed by atoms with van der Waals surface area (Å²) in [5.41, 5.74) is 0. The Morgan fingerprint density at radius 3 is 2.58 bits per heavy atom. The molecule has 0 aromatic heterocycles. The van der Waals surface area contributed by atoms with Crippen LogP contribution in [-0.2, 0) is 4.79 Å². The van der Waals surface area contributed by atoms with Crippen molar-refractivity contribution >= 4 is 23.8 Å². The lowest BCUT2D eigenvalue weighted by atomic mass is 10.2. The smallest absolute Gasteiger partial charge is 0.323 e. The van der Waals surface area contributed by atoms with E-state index in [-0.39, 0.29) is 23.4 Å². The highest BCUT2D eigenvalue weighted by Crippen LogP contribution is 2.30. The van der Waals surface area contributed by atoms with Crippen LogP contribution in [0.15, 0.2) is 0 Å². The normalized spacial score (nSPS) is 19.9. The highest BCUT2D eigenvalue weighted by molar-refractivity contribution is 8.00. The van der Waals surface area contributed by atoms with Crippen LogP contribution in [0.3, 0.4) is 0 Å². The standard InChI is InChI=1S/C13H24N2O3S/c1-5-10(2)15(8-11(16)17)12(18)14-6-7-19-13(3,4)9-14/h10H,5-9H2,1-4H3,(H,16,17). The zero-order valence-corrected chi connectivity index (χ0v) is 13.0. The van der Waals surface area contributed by atoms with Crippen LogP contribution in [0.1, 0.15) is 34.1 Å². The van der Waals surface area contributed by atoms with Gasteiger partial charge in [-0.3, -0.25) is 4.79 Å². The number of thioether (sulfide) groups is 1. The fourth-order valence-corrected chi connectivity index (χ4v) is 3.25. The van der Waals surface area contributed by atoms with Gasteiger partial charge in [-0.2, -0.15) is 11.8 Å². The molecule has 0 spiro atoms. The van der Waals surface area contributed by atoms with Gasteiger partial charge in [0.05, 0.1) is 0 Å². The van der Waals surface area contributed by atoms with E-state index in [1.54, 1.807) is 4.90 Å². The van der Waals surface area contributed by atoms with Crippen molar-refractivity contribution in [2.45, 2.75) is 44.9 Å². The maximum atomic E-state index is 12.5. The SMILES string of the molecule is CCC(C)N(CC(=O)O)C(=O)N1CCSC(C)(C)C1. The second kappa shape index (κ2) is 6.50. The number of carbonyl (C=O) groups is 2. The van der Waals surface area contributed by atoms with E-state index < -0.39 is 5.97 Å². The summed E-state index contributed by atoms with van der Waals surface area (Å²) in [6, 6.07) is -0.202. The van der Waals surface area contributed by atoms with E-state index in [4.69, 9.17) is 5.11 Å².